The van der Waals surface area contributed by atoms with Crippen molar-refractivity contribution < 1.29 is 24.5 Å². The second-order valence-corrected chi connectivity index (χ2v) is 2.18. The molecule has 0 aromatic carbocycles. The molecule has 0 N–H and O–H groups in total. The van der Waals surface area contributed by atoms with Crippen molar-refractivity contribution in [1.82, 2.24) is 0 Å². The first-order valence-electron chi connectivity index (χ1n) is 2.48. The molecule has 0 aromatic heterocycles. The van der Waals surface area contributed by atoms with Crippen LogP contribution in [-0.4, -0.2) is 17.6 Å². The van der Waals surface area contributed by atoms with E-state index >= 15 is 0 Å². The maximum Gasteiger partial charge on any atom is 1.00 e. The third-order valence-corrected chi connectivity index (χ3v) is 1.21. The van der Waals surface area contributed by atoms with Crippen molar-refractivity contribution in [3.63, 3.8) is 0 Å². The topological polar surface area (TPSA) is 40.1 Å². The summed E-state index contributed by atoms with van der Waals surface area (Å²) >= 11 is 0. The molecular weight excluding hydrogens is 185 g/mol. The summed E-state index contributed by atoms with van der Waals surface area (Å²) in [4.78, 5) is 9.70. The summed E-state index contributed by atoms with van der Waals surface area (Å²) in [6, 6.07) is 0. The fourth-order valence-electron chi connectivity index (χ4n) is 0.179. The van der Waals surface area contributed by atoms with Crippen molar-refractivity contribution in [2.75, 3.05) is 0 Å². The molecule has 0 aliphatic carbocycles. The molecule has 1 unspecified atom stereocenters. The van der Waals surface area contributed by atoms with Crippen LogP contribution in [0.15, 0.2) is 0 Å². The van der Waals surface area contributed by atoms with Crippen molar-refractivity contribution in [3.05, 3.63) is 0 Å². The van der Waals surface area contributed by atoms with Crippen LogP contribution in [0.3, 0.4) is 0 Å². The molecule has 0 aromatic rings. The fourth-order valence-corrected chi connectivity index (χ4v) is 0.179. The minimum Gasteiger partial charge on any atom is -0.546 e. The van der Waals surface area contributed by atoms with Gasteiger partial charge in [-0.15, -0.1) is 0 Å². The Bertz CT molecular complexity index is 155. The molecule has 0 saturated carbocycles. The average Bonchev–Trinajstić information content (AvgIpc) is 1.62. The highest BCUT2D eigenvalue weighted by Crippen LogP contribution is 2.30. The van der Waals surface area contributed by atoms with Gasteiger partial charge in [0.1, 0.15) is 0 Å². The van der Waals surface area contributed by atoms with Crippen molar-refractivity contribution in [3.8, 4) is 0 Å². The smallest absolute Gasteiger partial charge is 0.546 e. The van der Waals surface area contributed by atoms with Gasteiger partial charge in [-0.25, -0.2) is 13.2 Å². The van der Waals surface area contributed by atoms with E-state index in [1.54, 1.807) is 0 Å². The number of alkyl halides is 3. The van der Waals surface area contributed by atoms with Gasteiger partial charge in [-0.05, 0) is 6.92 Å². The molecule has 0 heterocycles. The lowest BCUT2D eigenvalue weighted by molar-refractivity contribution is -0.329. The quantitative estimate of drug-likeness (QED) is 0.691. The molecule has 0 radical (unpaired) electrons. The van der Waals surface area contributed by atoms with E-state index in [-0.39, 0.29) is 37.6 Å². The zero-order chi connectivity index (χ0) is 8.58. The van der Waals surface area contributed by atoms with Gasteiger partial charge in [0.05, 0.1) is 5.97 Å². The van der Waals surface area contributed by atoms with E-state index in [1.807, 2.05) is 0 Å². The van der Waals surface area contributed by atoms with Crippen molar-refractivity contribution >= 4 is 5.97 Å². The second kappa shape index (κ2) is 5.83. The van der Waals surface area contributed by atoms with Gasteiger partial charge in [-0.2, -0.15) is 0 Å². The first kappa shape index (κ1) is 22.8. The van der Waals surface area contributed by atoms with Gasteiger partial charge in [0.2, 0.25) is 5.67 Å². The highest BCUT2D eigenvalue weighted by atomic mass is 19.3. The summed E-state index contributed by atoms with van der Waals surface area (Å²) in [5.74, 6) is -6.31. The second-order valence-electron chi connectivity index (χ2n) is 2.18. The third-order valence-electron chi connectivity index (χ3n) is 1.21. The molecule has 84 valence electrons. The molecule has 1 atom stereocenters. The number of carbonyl (C=O) groups is 1. The van der Waals surface area contributed by atoms with Gasteiger partial charge in [0.25, 0.3) is 5.92 Å². The molecular formula is C8H19F3O2. The Labute approximate surface area is 79.2 Å². The lowest BCUT2D eigenvalue weighted by Crippen LogP contribution is -2.53. The summed E-state index contributed by atoms with van der Waals surface area (Å²) in [6.45, 7) is 0.450. The van der Waals surface area contributed by atoms with E-state index in [4.69, 9.17) is 0 Å². The van der Waals surface area contributed by atoms with Gasteiger partial charge >= 0.3 is 1.43 Å². The number of hydrogen-bond donors (Lipinski definition) is 0. The van der Waals surface area contributed by atoms with Gasteiger partial charge < -0.3 is 9.90 Å². The van der Waals surface area contributed by atoms with E-state index in [0.717, 1.165) is 0 Å². The van der Waals surface area contributed by atoms with E-state index in [2.05, 4.69) is 0 Å². The van der Waals surface area contributed by atoms with E-state index in [0.29, 0.717) is 0 Å². The summed E-state index contributed by atoms with van der Waals surface area (Å²) in [7, 11) is 0. The zero-order valence-corrected chi connectivity index (χ0v) is 5.45. The van der Waals surface area contributed by atoms with Crippen LogP contribution in [0.25, 0.3) is 0 Å². The maximum absolute atomic E-state index is 12.3. The van der Waals surface area contributed by atoms with Crippen LogP contribution in [0.5, 0.6) is 0 Å². The Hall–Kier alpha value is -0.740. The minimum atomic E-state index is -3.91. The van der Waals surface area contributed by atoms with Crippen LogP contribution in [-0.2, 0) is 4.79 Å². The lowest BCUT2D eigenvalue weighted by atomic mass is 10.0. The standard InChI is InChI=1S/C5H7F3O2.3CH4/c1-4(6,3(9)10)5(2,7)8;;;/h1-2H3,(H,9,10);3*1H4. The molecule has 0 saturated heterocycles. The Balaban J connectivity index is -0.0000000675. The molecule has 0 rings (SSSR count). The van der Waals surface area contributed by atoms with Crippen LogP contribution in [0.2, 0.25) is 0 Å². The monoisotopic (exact) mass is 204 g/mol. The SMILES string of the molecule is C.C.C.CC(F)(F)C(C)(F)C(=O)[O-].[H+]. The van der Waals surface area contributed by atoms with Crippen molar-refractivity contribution in [2.24, 2.45) is 0 Å². The molecule has 13 heavy (non-hydrogen) atoms. The number of aliphatic carboxylic acids is 1. The van der Waals surface area contributed by atoms with Crippen LogP contribution in [0.1, 0.15) is 37.6 Å². The molecule has 5 heteroatoms. The number of carboxylic acids is 1. The first-order valence-corrected chi connectivity index (χ1v) is 2.48. The van der Waals surface area contributed by atoms with Gasteiger partial charge in [-0.3, -0.25) is 0 Å². The van der Waals surface area contributed by atoms with E-state index < -0.39 is 17.6 Å². The minimum absolute atomic E-state index is 0. The van der Waals surface area contributed by atoms with Crippen LogP contribution in [0.4, 0.5) is 13.2 Å². The average molecular weight is 204 g/mol. The largest absolute Gasteiger partial charge is 1.00 e. The summed E-state index contributed by atoms with van der Waals surface area (Å²) < 4.78 is 36.2. The van der Waals surface area contributed by atoms with Crippen molar-refractivity contribution in [2.45, 2.75) is 47.7 Å². The van der Waals surface area contributed by atoms with Gasteiger partial charge in [-0.1, -0.05) is 22.3 Å². The first-order chi connectivity index (χ1) is 4.19. The van der Waals surface area contributed by atoms with Gasteiger partial charge in [0.15, 0.2) is 0 Å². The Morgan fingerprint density at radius 2 is 1.38 bits per heavy atom. The number of carboxylic acid groups (broad SMARTS) is 1. The number of rotatable bonds is 2. The summed E-state index contributed by atoms with van der Waals surface area (Å²) in [5, 5.41) is 9.70. The zero-order valence-electron chi connectivity index (χ0n) is 6.45. The van der Waals surface area contributed by atoms with Crippen LogP contribution < -0.4 is 5.11 Å². The van der Waals surface area contributed by atoms with Crippen LogP contribution >= 0.6 is 0 Å². The Morgan fingerprint density at radius 1 is 1.15 bits per heavy atom. The molecule has 0 fully saturated rings. The molecule has 0 spiro atoms. The van der Waals surface area contributed by atoms with Crippen LogP contribution in [0, 0.1) is 0 Å². The predicted molar refractivity (Wildman–Crippen MR) is 46.4 cm³/mol. The Kier molecular flexibility index (Phi) is 10.2. The van der Waals surface area contributed by atoms with Crippen molar-refractivity contribution in [1.29, 1.82) is 0 Å². The number of carbonyl (C=O) groups excluding carboxylic acids is 1. The fraction of sp³-hybridized carbons (Fsp3) is 0.875. The molecule has 2 nitrogen and oxygen atoms in total. The molecule has 0 bridgehead atoms. The van der Waals surface area contributed by atoms with E-state index in [9.17, 15) is 23.1 Å². The molecule has 0 aliphatic heterocycles. The third kappa shape index (κ3) is 4.75. The maximum atomic E-state index is 12.3. The highest BCUT2D eigenvalue weighted by molar-refractivity contribution is 5.75. The highest BCUT2D eigenvalue weighted by Gasteiger charge is 2.48. The normalized spacial score (nSPS) is 13.9. The molecule has 0 aliphatic rings. The number of halogens is 3. The Morgan fingerprint density at radius 3 is 1.38 bits per heavy atom. The van der Waals surface area contributed by atoms with E-state index in [1.165, 1.54) is 0 Å². The predicted octanol–water partition coefficient (Wildman–Crippen LogP) is 2.14. The van der Waals surface area contributed by atoms with Gasteiger partial charge in [0, 0.05) is 6.92 Å². The number of hydrogen-bond acceptors (Lipinski definition) is 2. The lowest BCUT2D eigenvalue weighted by Gasteiger charge is -2.27. The summed E-state index contributed by atoms with van der Waals surface area (Å²) in [5.41, 5.74) is -3.59. The summed E-state index contributed by atoms with van der Waals surface area (Å²) in [6.07, 6.45) is 0. The molecule has 0 amide bonds.